The van der Waals surface area contributed by atoms with Crippen LogP contribution >= 0.6 is 0 Å². The normalized spacial score (nSPS) is 23.1. The van der Waals surface area contributed by atoms with Gasteiger partial charge in [0.2, 0.25) is 5.91 Å². The first-order valence-electron chi connectivity index (χ1n) is 6.05. The maximum atomic E-state index is 13.0. The Balaban J connectivity index is 1.93. The Hall–Kier alpha value is -1.53. The third kappa shape index (κ3) is 3.97. The number of carbonyl (C=O) groups excluding carboxylic acids is 1. The van der Waals surface area contributed by atoms with Crippen molar-refractivity contribution in [3.63, 3.8) is 0 Å². The topological polar surface area (TPSA) is 58.6 Å². The molecule has 104 valence electrons. The Morgan fingerprint density at radius 1 is 1.37 bits per heavy atom. The summed E-state index contributed by atoms with van der Waals surface area (Å²) in [7, 11) is 0. The van der Waals surface area contributed by atoms with Crippen molar-refractivity contribution in [2.24, 2.45) is 0 Å². The second-order valence-electron chi connectivity index (χ2n) is 4.56. The number of halogens is 2. The summed E-state index contributed by atoms with van der Waals surface area (Å²) in [4.78, 5) is 11.7. The number of hydrogen-bond acceptors (Lipinski definition) is 3. The molecule has 1 aromatic carbocycles. The van der Waals surface area contributed by atoms with Crippen LogP contribution < -0.4 is 5.32 Å². The van der Waals surface area contributed by atoms with Crippen molar-refractivity contribution in [2.45, 2.75) is 25.0 Å². The number of hydrogen-bond donors (Lipinski definition) is 2. The monoisotopic (exact) mass is 271 g/mol. The zero-order valence-corrected chi connectivity index (χ0v) is 10.2. The van der Waals surface area contributed by atoms with E-state index in [1.165, 1.54) is 0 Å². The quantitative estimate of drug-likeness (QED) is 0.854. The van der Waals surface area contributed by atoms with E-state index in [-0.39, 0.29) is 30.5 Å². The van der Waals surface area contributed by atoms with Gasteiger partial charge in [-0.1, -0.05) is 0 Å². The van der Waals surface area contributed by atoms with E-state index in [1.807, 2.05) is 0 Å². The van der Waals surface area contributed by atoms with Crippen molar-refractivity contribution < 1.29 is 23.4 Å². The van der Waals surface area contributed by atoms with Gasteiger partial charge in [0.15, 0.2) is 0 Å². The molecule has 0 spiro atoms. The summed E-state index contributed by atoms with van der Waals surface area (Å²) in [5, 5.41) is 12.3. The van der Waals surface area contributed by atoms with Gasteiger partial charge in [-0.2, -0.15) is 0 Å². The van der Waals surface area contributed by atoms with Crippen LogP contribution in [0.4, 0.5) is 8.78 Å². The minimum absolute atomic E-state index is 0.126. The highest BCUT2D eigenvalue weighted by Crippen LogP contribution is 2.10. The summed E-state index contributed by atoms with van der Waals surface area (Å²) < 4.78 is 31.0. The van der Waals surface area contributed by atoms with E-state index in [2.05, 4.69) is 5.32 Å². The van der Waals surface area contributed by atoms with Gasteiger partial charge in [-0.15, -0.1) is 0 Å². The number of aliphatic hydroxyl groups is 1. The van der Waals surface area contributed by atoms with Crippen LogP contribution in [-0.2, 0) is 16.0 Å². The molecule has 1 aliphatic rings. The fourth-order valence-electron chi connectivity index (χ4n) is 2.05. The lowest BCUT2D eigenvalue weighted by atomic mass is 10.1. The van der Waals surface area contributed by atoms with E-state index in [4.69, 9.17) is 4.74 Å². The molecule has 0 saturated carbocycles. The molecule has 6 heteroatoms. The number of nitrogens with one attached hydrogen (secondary N) is 1. The number of ether oxygens (including phenoxy) is 1. The van der Waals surface area contributed by atoms with Crippen LogP contribution in [-0.4, -0.2) is 36.4 Å². The van der Waals surface area contributed by atoms with Crippen molar-refractivity contribution >= 4 is 5.91 Å². The summed E-state index contributed by atoms with van der Waals surface area (Å²) in [6.07, 6.45) is -0.356. The Morgan fingerprint density at radius 2 is 2.05 bits per heavy atom. The molecule has 4 nitrogen and oxygen atoms in total. The van der Waals surface area contributed by atoms with Crippen LogP contribution in [0.5, 0.6) is 0 Å². The average Bonchev–Trinajstić information content (AvgIpc) is 2.30. The van der Waals surface area contributed by atoms with Crippen molar-refractivity contribution in [2.75, 3.05) is 13.2 Å². The summed E-state index contributed by atoms with van der Waals surface area (Å²) >= 11 is 0. The summed E-state index contributed by atoms with van der Waals surface area (Å²) in [5.41, 5.74) is 0.261. The van der Waals surface area contributed by atoms with E-state index in [0.717, 1.165) is 18.2 Å². The first-order chi connectivity index (χ1) is 9.04. The molecule has 0 unspecified atom stereocenters. The molecule has 1 aromatic rings. The molecule has 2 rings (SSSR count). The van der Waals surface area contributed by atoms with E-state index < -0.39 is 17.7 Å². The highest BCUT2D eigenvalue weighted by atomic mass is 19.1. The molecule has 0 radical (unpaired) electrons. The molecule has 0 aromatic heterocycles. The van der Waals surface area contributed by atoms with Crippen LogP contribution in [0.25, 0.3) is 0 Å². The Bertz CT molecular complexity index is 447. The Labute approximate surface area is 109 Å². The predicted octanol–water partition coefficient (Wildman–Crippen LogP) is 0.773. The van der Waals surface area contributed by atoms with Crippen molar-refractivity contribution in [1.29, 1.82) is 0 Å². The summed E-state index contributed by atoms with van der Waals surface area (Å²) in [6, 6.07) is 2.61. The Morgan fingerprint density at radius 3 is 2.68 bits per heavy atom. The SMILES string of the molecule is O=C(Cc1cc(F)cc(F)c1)N[C@H]1CCOC[C@@H]1O. The molecule has 1 amide bonds. The smallest absolute Gasteiger partial charge is 0.224 e. The second kappa shape index (κ2) is 6.08. The zero-order chi connectivity index (χ0) is 13.8. The molecule has 2 atom stereocenters. The molecule has 19 heavy (non-hydrogen) atoms. The number of rotatable bonds is 3. The van der Waals surface area contributed by atoms with Gasteiger partial charge in [-0.25, -0.2) is 8.78 Å². The van der Waals surface area contributed by atoms with E-state index in [1.54, 1.807) is 0 Å². The average molecular weight is 271 g/mol. The molecule has 1 fully saturated rings. The highest BCUT2D eigenvalue weighted by Gasteiger charge is 2.25. The number of amides is 1. The second-order valence-corrected chi connectivity index (χ2v) is 4.56. The largest absolute Gasteiger partial charge is 0.389 e. The fourth-order valence-corrected chi connectivity index (χ4v) is 2.05. The van der Waals surface area contributed by atoms with E-state index in [9.17, 15) is 18.7 Å². The number of aliphatic hydroxyl groups excluding tert-OH is 1. The fraction of sp³-hybridized carbons (Fsp3) is 0.462. The van der Waals surface area contributed by atoms with Gasteiger partial charge in [0.1, 0.15) is 11.6 Å². The third-order valence-corrected chi connectivity index (χ3v) is 2.96. The van der Waals surface area contributed by atoms with Gasteiger partial charge in [-0.3, -0.25) is 4.79 Å². The van der Waals surface area contributed by atoms with Crippen LogP contribution in [0.1, 0.15) is 12.0 Å². The molecule has 0 bridgehead atoms. The van der Waals surface area contributed by atoms with E-state index in [0.29, 0.717) is 13.0 Å². The van der Waals surface area contributed by atoms with Gasteiger partial charge in [-0.05, 0) is 24.1 Å². The van der Waals surface area contributed by atoms with E-state index >= 15 is 0 Å². The summed E-state index contributed by atoms with van der Waals surface area (Å²) in [5.74, 6) is -1.81. The maximum Gasteiger partial charge on any atom is 0.224 e. The molecule has 2 N–H and O–H groups in total. The molecule has 1 aliphatic heterocycles. The first-order valence-corrected chi connectivity index (χ1v) is 6.05. The Kier molecular flexibility index (Phi) is 4.44. The molecular formula is C13H15F2NO3. The molecule has 1 saturated heterocycles. The first kappa shape index (κ1) is 13.9. The van der Waals surface area contributed by atoms with Crippen LogP contribution in [0, 0.1) is 11.6 Å². The molecule has 1 heterocycles. The van der Waals surface area contributed by atoms with Gasteiger partial charge in [0.25, 0.3) is 0 Å². The van der Waals surface area contributed by atoms with Gasteiger partial charge < -0.3 is 15.2 Å². The van der Waals surface area contributed by atoms with Gasteiger partial charge in [0, 0.05) is 12.7 Å². The zero-order valence-electron chi connectivity index (χ0n) is 10.2. The minimum atomic E-state index is -0.748. The third-order valence-electron chi connectivity index (χ3n) is 2.96. The van der Waals surface area contributed by atoms with Gasteiger partial charge in [0.05, 0.1) is 25.2 Å². The van der Waals surface area contributed by atoms with Crippen molar-refractivity contribution in [3.8, 4) is 0 Å². The standard InChI is InChI=1S/C13H15F2NO3/c14-9-3-8(4-10(15)6-9)5-13(18)16-11-1-2-19-7-12(11)17/h3-4,6,11-12,17H,1-2,5,7H2,(H,16,18)/t11-,12-/m0/s1. The lowest BCUT2D eigenvalue weighted by Gasteiger charge is -2.28. The molecule has 0 aliphatic carbocycles. The number of benzene rings is 1. The van der Waals surface area contributed by atoms with Crippen LogP contribution in [0.15, 0.2) is 18.2 Å². The van der Waals surface area contributed by atoms with Crippen molar-refractivity contribution in [3.05, 3.63) is 35.4 Å². The summed E-state index contributed by atoms with van der Waals surface area (Å²) in [6.45, 7) is 0.649. The highest BCUT2D eigenvalue weighted by molar-refractivity contribution is 5.78. The predicted molar refractivity (Wildman–Crippen MR) is 63.4 cm³/mol. The van der Waals surface area contributed by atoms with Crippen LogP contribution in [0.3, 0.4) is 0 Å². The number of carbonyl (C=O) groups is 1. The van der Waals surface area contributed by atoms with Crippen molar-refractivity contribution in [1.82, 2.24) is 5.32 Å². The maximum absolute atomic E-state index is 13.0. The lowest BCUT2D eigenvalue weighted by Crippen LogP contribution is -2.49. The lowest BCUT2D eigenvalue weighted by molar-refractivity contribution is -0.123. The minimum Gasteiger partial charge on any atom is -0.389 e. The molecular weight excluding hydrogens is 256 g/mol. The van der Waals surface area contributed by atoms with Crippen LogP contribution in [0.2, 0.25) is 0 Å². The van der Waals surface area contributed by atoms with Gasteiger partial charge >= 0.3 is 0 Å².